The largest absolute Gasteiger partial charge is 0.464 e. The molecule has 2 heterocycles. The summed E-state index contributed by atoms with van der Waals surface area (Å²) in [6, 6.07) is 14.3. The van der Waals surface area contributed by atoms with Crippen LogP contribution in [0.5, 0.6) is 0 Å². The van der Waals surface area contributed by atoms with Gasteiger partial charge in [0.1, 0.15) is 5.58 Å². The third kappa shape index (κ3) is 4.12. The highest BCUT2D eigenvalue weighted by molar-refractivity contribution is 5.90. The van der Waals surface area contributed by atoms with E-state index in [0.717, 1.165) is 11.1 Å². The second-order valence-electron chi connectivity index (χ2n) is 7.09. The van der Waals surface area contributed by atoms with Crippen molar-refractivity contribution in [2.75, 3.05) is 0 Å². The van der Waals surface area contributed by atoms with E-state index in [1.54, 1.807) is 42.5 Å². The first-order valence-electron chi connectivity index (χ1n) is 9.54. The molecule has 0 saturated heterocycles. The van der Waals surface area contributed by atoms with Gasteiger partial charge in [0.05, 0.1) is 24.9 Å². The Morgan fingerprint density at radius 1 is 1.13 bits per heavy atom. The molecule has 154 valence electrons. The SMILES string of the molecule is NC(=O)C1=C[C@H](c2coc3ccccc3c2=O)C[C@H](OCc2ccc(CO)cc2)O1. The quantitative estimate of drug-likeness (QED) is 0.650. The average Bonchev–Trinajstić information content (AvgIpc) is 2.78. The van der Waals surface area contributed by atoms with Gasteiger partial charge in [-0.2, -0.15) is 0 Å². The van der Waals surface area contributed by atoms with Crippen LogP contribution in [0.3, 0.4) is 0 Å². The van der Waals surface area contributed by atoms with E-state index in [2.05, 4.69) is 0 Å². The number of nitrogens with two attached hydrogens (primary N) is 1. The van der Waals surface area contributed by atoms with E-state index in [4.69, 9.17) is 24.7 Å². The number of aliphatic hydroxyl groups excluding tert-OH is 1. The second kappa shape index (κ2) is 8.52. The van der Waals surface area contributed by atoms with Crippen LogP contribution >= 0.6 is 0 Å². The van der Waals surface area contributed by atoms with Crippen molar-refractivity contribution >= 4 is 16.9 Å². The molecule has 1 aliphatic heterocycles. The number of primary amides is 1. The summed E-state index contributed by atoms with van der Waals surface area (Å²) >= 11 is 0. The highest BCUT2D eigenvalue weighted by Gasteiger charge is 2.30. The lowest BCUT2D eigenvalue weighted by atomic mass is 9.93. The number of carbonyl (C=O) groups excluding carboxylic acids is 1. The predicted octanol–water partition coefficient (Wildman–Crippen LogP) is 2.70. The van der Waals surface area contributed by atoms with Crippen molar-refractivity contribution in [1.29, 1.82) is 0 Å². The molecule has 7 heteroatoms. The van der Waals surface area contributed by atoms with Crippen molar-refractivity contribution < 1.29 is 23.8 Å². The number of aliphatic hydroxyl groups is 1. The number of ether oxygens (including phenoxy) is 2. The van der Waals surface area contributed by atoms with E-state index >= 15 is 0 Å². The van der Waals surface area contributed by atoms with E-state index in [1.165, 1.54) is 6.26 Å². The molecule has 2 aromatic carbocycles. The van der Waals surface area contributed by atoms with Gasteiger partial charge in [-0.05, 0) is 29.3 Å². The number of fused-ring (bicyclic) bond motifs is 1. The minimum Gasteiger partial charge on any atom is -0.464 e. The zero-order valence-corrected chi connectivity index (χ0v) is 16.1. The van der Waals surface area contributed by atoms with Crippen molar-refractivity contribution in [2.45, 2.75) is 31.8 Å². The normalized spacial score (nSPS) is 18.6. The summed E-state index contributed by atoms with van der Waals surface area (Å²) in [6.45, 7) is 0.205. The summed E-state index contributed by atoms with van der Waals surface area (Å²) in [5.41, 5.74) is 7.85. The van der Waals surface area contributed by atoms with Crippen LogP contribution in [-0.2, 0) is 27.5 Å². The zero-order valence-electron chi connectivity index (χ0n) is 16.1. The minimum absolute atomic E-state index is 0.0321. The number of amides is 1. The molecular weight excluding hydrogens is 386 g/mol. The van der Waals surface area contributed by atoms with Crippen LogP contribution in [0.2, 0.25) is 0 Å². The highest BCUT2D eigenvalue weighted by atomic mass is 16.7. The summed E-state index contributed by atoms with van der Waals surface area (Å²) in [4.78, 5) is 24.7. The summed E-state index contributed by atoms with van der Waals surface area (Å²) in [7, 11) is 0. The molecule has 1 aromatic heterocycles. The number of hydrogen-bond acceptors (Lipinski definition) is 6. The fourth-order valence-corrected chi connectivity index (χ4v) is 3.42. The van der Waals surface area contributed by atoms with E-state index in [1.807, 2.05) is 12.1 Å². The molecule has 0 radical (unpaired) electrons. The van der Waals surface area contributed by atoms with Crippen LogP contribution in [-0.4, -0.2) is 17.3 Å². The molecule has 30 heavy (non-hydrogen) atoms. The lowest BCUT2D eigenvalue weighted by molar-refractivity contribution is -0.148. The van der Waals surface area contributed by atoms with Crippen molar-refractivity contribution in [3.63, 3.8) is 0 Å². The molecule has 0 saturated carbocycles. The molecule has 2 atom stereocenters. The highest BCUT2D eigenvalue weighted by Crippen LogP contribution is 2.31. The third-order valence-corrected chi connectivity index (χ3v) is 5.05. The van der Waals surface area contributed by atoms with Crippen LogP contribution in [0.4, 0.5) is 0 Å². The maximum Gasteiger partial charge on any atom is 0.283 e. The van der Waals surface area contributed by atoms with E-state index < -0.39 is 18.1 Å². The number of carbonyl (C=O) groups is 1. The topological polar surface area (TPSA) is 112 Å². The van der Waals surface area contributed by atoms with Crippen LogP contribution in [0, 0.1) is 0 Å². The van der Waals surface area contributed by atoms with Gasteiger partial charge >= 0.3 is 0 Å². The summed E-state index contributed by atoms with van der Waals surface area (Å²) in [6.07, 6.45) is 2.53. The molecule has 3 N–H and O–H groups in total. The second-order valence-corrected chi connectivity index (χ2v) is 7.09. The van der Waals surface area contributed by atoms with Crippen molar-refractivity contribution in [2.24, 2.45) is 5.73 Å². The first kappa shape index (κ1) is 19.9. The monoisotopic (exact) mass is 407 g/mol. The number of benzene rings is 2. The van der Waals surface area contributed by atoms with Gasteiger partial charge in [0, 0.05) is 17.9 Å². The van der Waals surface area contributed by atoms with Crippen LogP contribution < -0.4 is 11.2 Å². The van der Waals surface area contributed by atoms with Crippen molar-refractivity contribution in [3.8, 4) is 0 Å². The van der Waals surface area contributed by atoms with Gasteiger partial charge in [0.25, 0.3) is 5.91 Å². The first-order chi connectivity index (χ1) is 14.5. The number of rotatable bonds is 6. The van der Waals surface area contributed by atoms with Gasteiger partial charge in [-0.1, -0.05) is 36.4 Å². The molecule has 1 amide bonds. The molecule has 0 unspecified atom stereocenters. The fraction of sp³-hybridized carbons (Fsp3) is 0.217. The molecule has 1 aliphatic rings. The van der Waals surface area contributed by atoms with Gasteiger partial charge < -0.3 is 24.7 Å². The summed E-state index contributed by atoms with van der Waals surface area (Å²) in [5.74, 6) is -1.21. The van der Waals surface area contributed by atoms with E-state index in [0.29, 0.717) is 23.0 Å². The fourth-order valence-electron chi connectivity index (χ4n) is 3.42. The Hall–Kier alpha value is -3.42. The van der Waals surface area contributed by atoms with Gasteiger partial charge in [0.2, 0.25) is 6.29 Å². The Balaban J connectivity index is 1.57. The lowest BCUT2D eigenvalue weighted by Gasteiger charge is -2.28. The summed E-state index contributed by atoms with van der Waals surface area (Å²) < 4.78 is 17.0. The van der Waals surface area contributed by atoms with Gasteiger partial charge in [-0.3, -0.25) is 9.59 Å². The molecule has 4 rings (SSSR count). The smallest absolute Gasteiger partial charge is 0.283 e. The Morgan fingerprint density at radius 2 is 1.87 bits per heavy atom. The van der Waals surface area contributed by atoms with Crippen molar-refractivity contribution in [3.05, 3.63) is 93.5 Å². The zero-order chi connectivity index (χ0) is 21.1. The first-order valence-corrected chi connectivity index (χ1v) is 9.54. The standard InChI is InChI=1S/C23H21NO6/c24-23(27)20-9-16(18-13-28-19-4-2-1-3-17(19)22(18)26)10-21(30-20)29-12-15-7-5-14(11-25)6-8-15/h1-9,13,16,21,25H,10-12H2,(H2,24,27)/t16-,21+/m0/s1. The summed E-state index contributed by atoms with van der Waals surface area (Å²) in [5, 5.41) is 9.60. The third-order valence-electron chi connectivity index (χ3n) is 5.05. The van der Waals surface area contributed by atoms with Gasteiger partial charge in [0.15, 0.2) is 11.2 Å². The van der Waals surface area contributed by atoms with Crippen LogP contribution in [0.25, 0.3) is 11.0 Å². The predicted molar refractivity (Wildman–Crippen MR) is 109 cm³/mol. The van der Waals surface area contributed by atoms with Gasteiger partial charge in [-0.15, -0.1) is 0 Å². The number of para-hydroxylation sites is 1. The van der Waals surface area contributed by atoms with Crippen molar-refractivity contribution in [1.82, 2.24) is 0 Å². The molecule has 0 bridgehead atoms. The molecule has 0 spiro atoms. The Labute approximate surface area is 172 Å². The maximum atomic E-state index is 12.9. The van der Waals surface area contributed by atoms with E-state index in [-0.39, 0.29) is 24.4 Å². The van der Waals surface area contributed by atoms with Crippen LogP contribution in [0.15, 0.2) is 75.8 Å². The Morgan fingerprint density at radius 3 is 2.60 bits per heavy atom. The minimum atomic E-state index is -0.758. The number of allylic oxidation sites excluding steroid dienone is 1. The van der Waals surface area contributed by atoms with Gasteiger partial charge in [-0.25, -0.2) is 0 Å². The molecule has 0 aliphatic carbocycles. The molecule has 7 nitrogen and oxygen atoms in total. The Bertz CT molecular complexity index is 1150. The lowest BCUT2D eigenvalue weighted by Crippen LogP contribution is -2.30. The Kier molecular flexibility index (Phi) is 5.65. The maximum absolute atomic E-state index is 12.9. The number of hydrogen-bond donors (Lipinski definition) is 2. The average molecular weight is 407 g/mol. The molecule has 0 fully saturated rings. The molecule has 3 aromatic rings. The van der Waals surface area contributed by atoms with E-state index in [9.17, 15) is 9.59 Å². The molecular formula is C23H21NO6. The van der Waals surface area contributed by atoms with Crippen LogP contribution in [0.1, 0.15) is 29.0 Å².